The Hall–Kier alpha value is -2.74. The Labute approximate surface area is 158 Å². The van der Waals surface area contributed by atoms with Crippen LogP contribution in [0.15, 0.2) is 29.5 Å². The number of nitrogens with one attached hydrogen (secondary N) is 2. The summed E-state index contributed by atoms with van der Waals surface area (Å²) in [6, 6.07) is 5.14. The first-order valence-electron chi connectivity index (χ1n) is 9.06. The summed E-state index contributed by atoms with van der Waals surface area (Å²) in [6.45, 7) is 5.24. The van der Waals surface area contributed by atoms with Gasteiger partial charge in [0.25, 0.3) is 0 Å². The van der Waals surface area contributed by atoms with E-state index in [-0.39, 0.29) is 25.5 Å². The van der Waals surface area contributed by atoms with Gasteiger partial charge < -0.3 is 24.8 Å². The molecule has 27 heavy (non-hydrogen) atoms. The fourth-order valence-electron chi connectivity index (χ4n) is 3.26. The average Bonchev–Trinajstić information content (AvgIpc) is 3.08. The Morgan fingerprint density at radius 3 is 2.78 bits per heavy atom. The van der Waals surface area contributed by atoms with E-state index in [2.05, 4.69) is 10.6 Å². The molecule has 0 unspecified atom stereocenters. The zero-order chi connectivity index (χ0) is 19.4. The van der Waals surface area contributed by atoms with Crippen molar-refractivity contribution in [1.82, 2.24) is 15.5 Å². The summed E-state index contributed by atoms with van der Waals surface area (Å²) < 4.78 is 15.9. The van der Waals surface area contributed by atoms with Crippen molar-refractivity contribution in [1.29, 1.82) is 0 Å². The summed E-state index contributed by atoms with van der Waals surface area (Å²) in [6.07, 6.45) is 0.608. The van der Waals surface area contributed by atoms with Crippen LogP contribution in [0.2, 0.25) is 0 Å². The number of nitrogens with zero attached hydrogens (tertiary/aromatic N) is 1. The lowest BCUT2D eigenvalue weighted by molar-refractivity contribution is -0.139. The van der Waals surface area contributed by atoms with Gasteiger partial charge >= 0.3 is 12.0 Å². The number of likely N-dealkylation sites (N-methyl/N-ethyl adjacent to an activating group) is 1. The molecule has 0 radical (unpaired) electrons. The molecular formula is C19H25N3O5. The van der Waals surface area contributed by atoms with Gasteiger partial charge in [0.15, 0.2) is 11.5 Å². The van der Waals surface area contributed by atoms with E-state index in [0.29, 0.717) is 30.8 Å². The normalized spacial score (nSPS) is 18.4. The van der Waals surface area contributed by atoms with Gasteiger partial charge in [-0.1, -0.05) is 13.0 Å². The fraction of sp³-hybridized carbons (Fsp3) is 0.474. The Bertz CT molecular complexity index is 762. The number of ether oxygens (including phenoxy) is 3. The molecule has 0 saturated heterocycles. The molecule has 0 aromatic heterocycles. The minimum Gasteiger partial charge on any atom is -0.463 e. The van der Waals surface area contributed by atoms with Gasteiger partial charge in [-0.15, -0.1) is 0 Å². The lowest BCUT2D eigenvalue weighted by atomic mass is 10.00. The van der Waals surface area contributed by atoms with Crippen molar-refractivity contribution in [2.45, 2.75) is 32.9 Å². The van der Waals surface area contributed by atoms with Gasteiger partial charge in [-0.05, 0) is 38.1 Å². The van der Waals surface area contributed by atoms with Crippen molar-refractivity contribution in [3.8, 4) is 11.5 Å². The molecule has 2 N–H and O–H groups in total. The number of carbonyl (C=O) groups excluding carboxylic acids is 2. The second-order valence-corrected chi connectivity index (χ2v) is 6.53. The molecule has 0 bridgehead atoms. The standard InChI is InChI=1S/C19H25N3O5/c1-4-13-17(18(23)25-5-2)14(21-19(24)20-13)10-22(3)9-12-6-7-15-16(8-12)27-11-26-15/h6-8,13H,4-5,9-11H2,1-3H3,(H2,20,21,24)/t13-/m1/s1. The van der Waals surface area contributed by atoms with Crippen LogP contribution in [0.4, 0.5) is 4.79 Å². The topological polar surface area (TPSA) is 89.1 Å². The smallest absolute Gasteiger partial charge is 0.337 e. The maximum atomic E-state index is 12.4. The lowest BCUT2D eigenvalue weighted by Gasteiger charge is -2.30. The fourth-order valence-corrected chi connectivity index (χ4v) is 3.26. The van der Waals surface area contributed by atoms with Gasteiger partial charge in [0.1, 0.15) is 0 Å². The van der Waals surface area contributed by atoms with Crippen LogP contribution >= 0.6 is 0 Å². The predicted molar refractivity (Wildman–Crippen MR) is 98.3 cm³/mol. The maximum absolute atomic E-state index is 12.4. The summed E-state index contributed by atoms with van der Waals surface area (Å²) in [7, 11) is 1.93. The highest BCUT2D eigenvalue weighted by Crippen LogP contribution is 2.32. The summed E-state index contributed by atoms with van der Waals surface area (Å²) in [4.78, 5) is 26.4. The van der Waals surface area contributed by atoms with Crippen molar-refractivity contribution in [2.24, 2.45) is 0 Å². The molecule has 1 atom stereocenters. The number of esters is 1. The van der Waals surface area contributed by atoms with Crippen molar-refractivity contribution >= 4 is 12.0 Å². The Kier molecular flexibility index (Phi) is 5.85. The Morgan fingerprint density at radius 2 is 2.04 bits per heavy atom. The van der Waals surface area contributed by atoms with Crippen molar-refractivity contribution in [3.05, 3.63) is 35.0 Å². The van der Waals surface area contributed by atoms with Crippen LogP contribution in [0.25, 0.3) is 0 Å². The van der Waals surface area contributed by atoms with E-state index in [0.717, 1.165) is 17.1 Å². The number of hydrogen-bond donors (Lipinski definition) is 2. The number of carbonyl (C=O) groups is 2. The van der Waals surface area contributed by atoms with Crippen LogP contribution in [0.3, 0.4) is 0 Å². The van der Waals surface area contributed by atoms with Crippen molar-refractivity contribution in [3.63, 3.8) is 0 Å². The number of rotatable bonds is 7. The molecule has 1 aromatic rings. The Morgan fingerprint density at radius 1 is 1.26 bits per heavy atom. The molecule has 1 aromatic carbocycles. The van der Waals surface area contributed by atoms with E-state index < -0.39 is 5.97 Å². The number of urea groups is 1. The van der Waals surface area contributed by atoms with Crippen LogP contribution in [0.5, 0.6) is 11.5 Å². The van der Waals surface area contributed by atoms with E-state index in [9.17, 15) is 9.59 Å². The van der Waals surface area contributed by atoms with Crippen LogP contribution in [0.1, 0.15) is 25.8 Å². The van der Waals surface area contributed by atoms with Gasteiger partial charge in [0, 0.05) is 18.8 Å². The molecular weight excluding hydrogens is 350 g/mol. The number of benzene rings is 1. The van der Waals surface area contributed by atoms with E-state index in [1.165, 1.54) is 0 Å². The molecule has 2 heterocycles. The molecule has 2 aliphatic rings. The highest BCUT2D eigenvalue weighted by atomic mass is 16.7. The molecule has 0 spiro atoms. The molecule has 0 fully saturated rings. The third kappa shape index (κ3) is 4.33. The number of fused-ring (bicyclic) bond motifs is 1. The lowest BCUT2D eigenvalue weighted by Crippen LogP contribution is -2.51. The Balaban J connectivity index is 1.77. The van der Waals surface area contributed by atoms with Gasteiger partial charge in [-0.3, -0.25) is 4.90 Å². The molecule has 8 heteroatoms. The first kappa shape index (κ1) is 19.0. The SMILES string of the molecule is CCOC(=O)C1=C(CN(C)Cc2ccc3c(c2)OCO3)NC(=O)N[C@@H]1CC. The van der Waals surface area contributed by atoms with Crippen LogP contribution in [0, 0.1) is 0 Å². The second-order valence-electron chi connectivity index (χ2n) is 6.53. The van der Waals surface area contributed by atoms with Gasteiger partial charge in [-0.2, -0.15) is 0 Å². The van der Waals surface area contributed by atoms with E-state index in [4.69, 9.17) is 14.2 Å². The number of hydrogen-bond acceptors (Lipinski definition) is 6. The maximum Gasteiger partial charge on any atom is 0.337 e. The van der Waals surface area contributed by atoms with Gasteiger partial charge in [0.05, 0.1) is 18.2 Å². The van der Waals surface area contributed by atoms with Crippen molar-refractivity contribution in [2.75, 3.05) is 27.0 Å². The van der Waals surface area contributed by atoms with E-state index >= 15 is 0 Å². The average molecular weight is 375 g/mol. The van der Waals surface area contributed by atoms with Crippen LogP contribution < -0.4 is 20.1 Å². The first-order chi connectivity index (χ1) is 13.0. The van der Waals surface area contributed by atoms with Gasteiger partial charge in [0.2, 0.25) is 6.79 Å². The highest BCUT2D eigenvalue weighted by molar-refractivity contribution is 5.94. The van der Waals surface area contributed by atoms with E-state index in [1.807, 2.05) is 37.1 Å². The minimum atomic E-state index is -0.400. The summed E-state index contributed by atoms with van der Waals surface area (Å²) in [5, 5.41) is 5.55. The van der Waals surface area contributed by atoms with Gasteiger partial charge in [-0.25, -0.2) is 9.59 Å². The van der Waals surface area contributed by atoms with Crippen LogP contribution in [-0.4, -0.2) is 49.9 Å². The zero-order valence-corrected chi connectivity index (χ0v) is 15.8. The minimum absolute atomic E-state index is 0.238. The molecule has 2 aliphatic heterocycles. The summed E-state index contributed by atoms with van der Waals surface area (Å²) in [5.74, 6) is 1.07. The molecule has 8 nitrogen and oxygen atoms in total. The van der Waals surface area contributed by atoms with Crippen molar-refractivity contribution < 1.29 is 23.8 Å². The summed E-state index contributed by atoms with van der Waals surface area (Å²) >= 11 is 0. The first-order valence-corrected chi connectivity index (χ1v) is 9.06. The molecule has 3 rings (SSSR count). The molecule has 0 saturated carbocycles. The van der Waals surface area contributed by atoms with Crippen LogP contribution in [-0.2, 0) is 16.1 Å². The third-order valence-electron chi connectivity index (χ3n) is 4.46. The predicted octanol–water partition coefficient (Wildman–Crippen LogP) is 1.76. The molecule has 146 valence electrons. The van der Waals surface area contributed by atoms with E-state index in [1.54, 1.807) is 6.92 Å². The molecule has 0 aliphatic carbocycles. The number of amides is 2. The highest BCUT2D eigenvalue weighted by Gasteiger charge is 2.31. The largest absolute Gasteiger partial charge is 0.463 e. The quantitative estimate of drug-likeness (QED) is 0.706. The second kappa shape index (κ2) is 8.30. The monoisotopic (exact) mass is 375 g/mol. The zero-order valence-electron chi connectivity index (χ0n) is 15.8. The third-order valence-corrected chi connectivity index (χ3v) is 4.46. The summed E-state index contributed by atoms with van der Waals surface area (Å²) in [5.41, 5.74) is 2.11. The molecule has 2 amide bonds.